The predicted molar refractivity (Wildman–Crippen MR) is 73.0 cm³/mol. The zero-order chi connectivity index (χ0) is 14.8. The molecule has 2 N–H and O–H groups in total. The van der Waals surface area contributed by atoms with E-state index < -0.39 is 12.4 Å². The van der Waals surface area contributed by atoms with Gasteiger partial charge in [-0.2, -0.15) is 5.26 Å². The van der Waals surface area contributed by atoms with Crippen molar-refractivity contribution in [2.45, 2.75) is 18.8 Å². The van der Waals surface area contributed by atoms with Crippen LogP contribution in [0.2, 0.25) is 0 Å². The van der Waals surface area contributed by atoms with E-state index >= 15 is 0 Å². The third-order valence-electron chi connectivity index (χ3n) is 3.17. The van der Waals surface area contributed by atoms with Crippen LogP contribution in [0, 0.1) is 11.3 Å². The summed E-state index contributed by atoms with van der Waals surface area (Å²) in [7, 11) is 0. The molecule has 0 saturated heterocycles. The second-order valence-corrected chi connectivity index (χ2v) is 4.70. The van der Waals surface area contributed by atoms with Crippen molar-refractivity contribution in [3.63, 3.8) is 0 Å². The Kier molecular flexibility index (Phi) is 3.34. The molecule has 21 heavy (non-hydrogen) atoms. The molecule has 6 nitrogen and oxygen atoms in total. The van der Waals surface area contributed by atoms with Crippen LogP contribution >= 0.6 is 0 Å². The highest BCUT2D eigenvalue weighted by molar-refractivity contribution is 5.43. The highest BCUT2D eigenvalue weighted by Gasteiger charge is 2.30. The zero-order valence-electron chi connectivity index (χ0n) is 10.9. The standard InChI is InChI=1S/C15H12N2O4/c16-8-9-1-2-13-10(5-9)6-12(18)15(21-13)20-11-3-4-17-14(19)7-11/h1-5,7,12,15,18H,6H2,(H,17,19). The van der Waals surface area contributed by atoms with E-state index in [9.17, 15) is 9.90 Å². The number of aliphatic hydroxyl groups excluding tert-OH is 1. The van der Waals surface area contributed by atoms with Crippen LogP contribution in [-0.4, -0.2) is 22.5 Å². The Morgan fingerprint density at radius 3 is 3.00 bits per heavy atom. The number of nitrogens with zero attached hydrogens (tertiary/aromatic N) is 1. The maximum atomic E-state index is 11.2. The van der Waals surface area contributed by atoms with E-state index in [1.165, 1.54) is 12.3 Å². The van der Waals surface area contributed by atoms with Gasteiger partial charge in [-0.1, -0.05) is 0 Å². The van der Waals surface area contributed by atoms with Gasteiger partial charge >= 0.3 is 0 Å². The Morgan fingerprint density at radius 1 is 1.38 bits per heavy atom. The quantitative estimate of drug-likeness (QED) is 0.856. The SMILES string of the molecule is N#Cc1ccc2c(c1)CC(O)C(Oc1cc[nH]c(=O)c1)O2. The van der Waals surface area contributed by atoms with Gasteiger partial charge in [0.1, 0.15) is 17.6 Å². The molecule has 2 unspecified atom stereocenters. The Balaban J connectivity index is 1.82. The lowest BCUT2D eigenvalue weighted by molar-refractivity contribution is -0.0953. The summed E-state index contributed by atoms with van der Waals surface area (Å²) in [5.74, 6) is 0.883. The number of aliphatic hydroxyl groups is 1. The largest absolute Gasteiger partial charge is 0.452 e. The number of aromatic amines is 1. The van der Waals surface area contributed by atoms with Gasteiger partial charge in [-0.3, -0.25) is 4.79 Å². The van der Waals surface area contributed by atoms with E-state index in [-0.39, 0.29) is 5.56 Å². The van der Waals surface area contributed by atoms with Crippen LogP contribution in [0.3, 0.4) is 0 Å². The number of aromatic nitrogens is 1. The molecule has 2 atom stereocenters. The van der Waals surface area contributed by atoms with Gasteiger partial charge in [-0.05, 0) is 29.8 Å². The van der Waals surface area contributed by atoms with Gasteiger partial charge < -0.3 is 19.6 Å². The number of nitrogens with one attached hydrogen (secondary N) is 1. The van der Waals surface area contributed by atoms with Crippen molar-refractivity contribution < 1.29 is 14.6 Å². The van der Waals surface area contributed by atoms with Crippen LogP contribution in [-0.2, 0) is 6.42 Å². The number of rotatable bonds is 2. The van der Waals surface area contributed by atoms with E-state index in [4.69, 9.17) is 14.7 Å². The number of fused-ring (bicyclic) bond motifs is 1. The second-order valence-electron chi connectivity index (χ2n) is 4.70. The monoisotopic (exact) mass is 284 g/mol. The molecular weight excluding hydrogens is 272 g/mol. The van der Waals surface area contributed by atoms with Crippen LogP contribution in [0.4, 0.5) is 0 Å². The molecule has 1 aromatic carbocycles. The highest BCUT2D eigenvalue weighted by atomic mass is 16.7. The van der Waals surface area contributed by atoms with Crippen molar-refractivity contribution in [3.05, 3.63) is 58.0 Å². The Labute approximate surface area is 120 Å². The fourth-order valence-electron chi connectivity index (χ4n) is 2.18. The summed E-state index contributed by atoms with van der Waals surface area (Å²) in [6.45, 7) is 0. The lowest BCUT2D eigenvalue weighted by Crippen LogP contribution is -2.41. The third-order valence-corrected chi connectivity index (χ3v) is 3.17. The van der Waals surface area contributed by atoms with Gasteiger partial charge in [0.2, 0.25) is 0 Å². The first-order valence-electron chi connectivity index (χ1n) is 6.39. The average Bonchev–Trinajstić information content (AvgIpc) is 2.47. The number of ether oxygens (including phenoxy) is 2. The van der Waals surface area contributed by atoms with Gasteiger partial charge in [-0.25, -0.2) is 0 Å². The molecule has 0 saturated carbocycles. The summed E-state index contributed by atoms with van der Waals surface area (Å²) in [6, 6.07) is 9.90. The Morgan fingerprint density at radius 2 is 2.24 bits per heavy atom. The molecule has 2 aromatic rings. The minimum absolute atomic E-state index is 0.295. The summed E-state index contributed by atoms with van der Waals surface area (Å²) in [6.07, 6.45) is -0.00315. The molecular formula is C15H12N2O4. The molecule has 0 fully saturated rings. The Hall–Kier alpha value is -2.78. The van der Waals surface area contributed by atoms with Crippen molar-refractivity contribution in [2.24, 2.45) is 0 Å². The van der Waals surface area contributed by atoms with Crippen LogP contribution in [0.15, 0.2) is 41.3 Å². The van der Waals surface area contributed by atoms with Gasteiger partial charge in [0.05, 0.1) is 11.6 Å². The molecule has 3 rings (SSSR count). The molecule has 106 valence electrons. The van der Waals surface area contributed by atoms with E-state index in [1.54, 1.807) is 24.3 Å². The summed E-state index contributed by atoms with van der Waals surface area (Å²) >= 11 is 0. The summed E-state index contributed by atoms with van der Waals surface area (Å²) in [5, 5.41) is 19.0. The molecule has 1 aliphatic heterocycles. The molecule has 1 aromatic heterocycles. The number of benzene rings is 1. The van der Waals surface area contributed by atoms with Crippen LogP contribution in [0.25, 0.3) is 0 Å². The number of hydrogen-bond acceptors (Lipinski definition) is 5. The molecule has 0 radical (unpaired) electrons. The predicted octanol–water partition coefficient (Wildman–Crippen LogP) is 0.947. The fraction of sp³-hybridized carbons (Fsp3) is 0.200. The zero-order valence-corrected chi connectivity index (χ0v) is 10.9. The number of hydrogen-bond donors (Lipinski definition) is 2. The van der Waals surface area contributed by atoms with Gasteiger partial charge in [0, 0.05) is 18.7 Å². The Bertz CT molecular complexity index is 763. The number of H-pyrrole nitrogens is 1. The maximum Gasteiger partial charge on any atom is 0.266 e. The topological polar surface area (TPSA) is 95.3 Å². The third kappa shape index (κ3) is 2.73. The van der Waals surface area contributed by atoms with Gasteiger partial charge in [0.15, 0.2) is 0 Å². The van der Waals surface area contributed by atoms with Crippen molar-refractivity contribution in [2.75, 3.05) is 0 Å². The molecule has 6 heteroatoms. The summed E-state index contributed by atoms with van der Waals surface area (Å²) in [4.78, 5) is 13.7. The van der Waals surface area contributed by atoms with Crippen LogP contribution in [0.1, 0.15) is 11.1 Å². The van der Waals surface area contributed by atoms with Crippen molar-refractivity contribution in [3.8, 4) is 17.6 Å². The maximum absolute atomic E-state index is 11.2. The van der Waals surface area contributed by atoms with E-state index in [2.05, 4.69) is 4.98 Å². The molecule has 0 aliphatic carbocycles. The van der Waals surface area contributed by atoms with Crippen LogP contribution in [0.5, 0.6) is 11.5 Å². The average molecular weight is 284 g/mol. The van der Waals surface area contributed by atoms with E-state index in [0.717, 1.165) is 5.56 Å². The fourth-order valence-corrected chi connectivity index (χ4v) is 2.18. The second kappa shape index (κ2) is 5.31. The van der Waals surface area contributed by atoms with E-state index in [1.807, 2.05) is 6.07 Å². The molecule has 1 aliphatic rings. The number of nitriles is 1. The lowest BCUT2D eigenvalue weighted by Gasteiger charge is -2.30. The van der Waals surface area contributed by atoms with E-state index in [0.29, 0.717) is 23.5 Å². The minimum Gasteiger partial charge on any atom is -0.452 e. The van der Waals surface area contributed by atoms with Crippen molar-refractivity contribution in [1.29, 1.82) is 5.26 Å². The first-order chi connectivity index (χ1) is 10.2. The highest BCUT2D eigenvalue weighted by Crippen LogP contribution is 2.29. The first-order valence-corrected chi connectivity index (χ1v) is 6.39. The molecule has 2 heterocycles. The smallest absolute Gasteiger partial charge is 0.266 e. The van der Waals surface area contributed by atoms with Gasteiger partial charge in [0.25, 0.3) is 11.8 Å². The molecule has 0 spiro atoms. The normalized spacial score (nSPS) is 20.0. The molecule has 0 bridgehead atoms. The van der Waals surface area contributed by atoms with Crippen LogP contribution < -0.4 is 15.0 Å². The van der Waals surface area contributed by atoms with Gasteiger partial charge in [-0.15, -0.1) is 0 Å². The number of pyridine rings is 1. The molecule has 0 amide bonds. The van der Waals surface area contributed by atoms with Crippen molar-refractivity contribution in [1.82, 2.24) is 4.98 Å². The summed E-state index contributed by atoms with van der Waals surface area (Å²) < 4.78 is 11.1. The first kappa shape index (κ1) is 13.2. The van der Waals surface area contributed by atoms with Crippen molar-refractivity contribution >= 4 is 0 Å². The minimum atomic E-state index is -0.896. The summed E-state index contributed by atoms with van der Waals surface area (Å²) in [5.41, 5.74) is 0.975. The lowest BCUT2D eigenvalue weighted by atomic mass is 10.0.